The van der Waals surface area contributed by atoms with Crippen LogP contribution in [0.5, 0.6) is 0 Å². The molecule has 2 heterocycles. The fourth-order valence-corrected chi connectivity index (χ4v) is 9.12. The zero-order valence-electron chi connectivity index (χ0n) is 49.5. The van der Waals surface area contributed by atoms with Crippen molar-refractivity contribution in [3.8, 4) is 44.5 Å². The first-order valence-corrected chi connectivity index (χ1v) is 20.6. The molecular weight excluding hydrogens is 747 g/mol. The second-order valence-corrected chi connectivity index (χ2v) is 16.7. The third-order valence-corrected chi connectivity index (χ3v) is 11.9. The molecular formula is C59H47BN2. The van der Waals surface area contributed by atoms with Gasteiger partial charge in [-0.25, -0.2) is 0 Å². The van der Waals surface area contributed by atoms with Crippen LogP contribution in [0.3, 0.4) is 0 Å². The van der Waals surface area contributed by atoms with Crippen molar-refractivity contribution in [3.05, 3.63) is 223 Å². The molecule has 2 nitrogen and oxygen atoms in total. The molecule has 296 valence electrons. The lowest BCUT2D eigenvalue weighted by atomic mass is 9.33. The Balaban J connectivity index is 1.34. The first-order chi connectivity index (χ1) is 36.5. The first-order valence-electron chi connectivity index (χ1n) is 28.1. The third-order valence-electron chi connectivity index (χ3n) is 11.9. The molecule has 0 saturated heterocycles. The molecule has 3 heteroatoms. The number of rotatable bonds is 6. The molecule has 0 saturated carbocycles. The van der Waals surface area contributed by atoms with Crippen molar-refractivity contribution in [2.75, 3.05) is 9.80 Å². The smallest absolute Gasteiger partial charge is 0.252 e. The fourth-order valence-electron chi connectivity index (χ4n) is 9.12. The summed E-state index contributed by atoms with van der Waals surface area (Å²) < 4.78 is 136. The van der Waals surface area contributed by atoms with Gasteiger partial charge < -0.3 is 9.80 Å². The highest BCUT2D eigenvalue weighted by Gasteiger charge is 2.44. The van der Waals surface area contributed by atoms with Crippen LogP contribution in [0, 0.1) is 6.92 Å². The van der Waals surface area contributed by atoms with Crippen molar-refractivity contribution in [3.63, 3.8) is 0 Å². The molecule has 0 fully saturated rings. The number of fused-ring (bicyclic) bond motifs is 4. The van der Waals surface area contributed by atoms with E-state index in [-0.39, 0.29) is 45.6 Å². The van der Waals surface area contributed by atoms with Crippen LogP contribution >= 0.6 is 0 Å². The molecule has 0 bridgehead atoms. The van der Waals surface area contributed by atoms with Gasteiger partial charge in [-0.3, -0.25) is 0 Å². The average molecular weight is 810 g/mol. The number of aryl methyl sites for hydroxylation is 1. The monoisotopic (exact) mass is 809 g/mol. The van der Waals surface area contributed by atoms with Crippen LogP contribution in [-0.2, 0) is 5.41 Å². The Labute approximate surface area is 387 Å². The van der Waals surface area contributed by atoms with Crippen LogP contribution < -0.4 is 26.2 Å². The van der Waals surface area contributed by atoms with Crippen molar-refractivity contribution in [2.45, 2.75) is 33.1 Å². The quantitative estimate of drug-likeness (QED) is 0.154. The molecule has 0 aromatic heterocycles. The van der Waals surface area contributed by atoms with Crippen LogP contribution in [-0.4, -0.2) is 6.71 Å². The fraction of sp³-hybridized carbons (Fsp3) is 0.0847. The first kappa shape index (κ1) is 24.8. The van der Waals surface area contributed by atoms with E-state index >= 15 is 0 Å². The van der Waals surface area contributed by atoms with E-state index in [2.05, 4.69) is 6.07 Å². The van der Waals surface area contributed by atoms with Gasteiger partial charge >= 0.3 is 0 Å². The van der Waals surface area contributed by atoms with Gasteiger partial charge in [0.15, 0.2) is 0 Å². The maximum absolute atomic E-state index is 9.53. The Morgan fingerprint density at radius 2 is 0.935 bits per heavy atom. The number of hydrogen-bond donors (Lipinski definition) is 0. The molecule has 2 aliphatic heterocycles. The predicted octanol–water partition coefficient (Wildman–Crippen LogP) is 14.0. The molecule has 2 aliphatic rings. The van der Waals surface area contributed by atoms with E-state index in [0.29, 0.717) is 33.9 Å². The highest BCUT2D eigenvalue weighted by molar-refractivity contribution is 7.00. The second-order valence-electron chi connectivity index (χ2n) is 16.7. The number of para-hydroxylation sites is 2. The van der Waals surface area contributed by atoms with E-state index in [1.807, 2.05) is 128 Å². The molecule has 0 radical (unpaired) electrons. The lowest BCUT2D eigenvalue weighted by Gasteiger charge is -2.45. The van der Waals surface area contributed by atoms with E-state index < -0.39 is 90.7 Å². The standard InChI is InChI=1S/C59H47BN2/c1-40-35-55-57-56(36-40)62(58-48(43-25-13-7-14-26-43)38-46(59(2,3)4)39-49(58)44-27-15-8-16-28-44)53-32-20-18-30-50(53)60(57)51-37-45(41-21-9-5-10-22-41)33-34-54(51)61(55)52-31-19-17-29-47(52)42-23-11-6-12-24-42/h5-39H,1-4H3/i6D,7D,8D,11D,12D,13D,14D,15D,16D,23D,24D,25D,26D,27D,28D. The summed E-state index contributed by atoms with van der Waals surface area (Å²) in [5, 5.41) is 0. The minimum atomic E-state index is -0.704. The largest absolute Gasteiger partial charge is 0.311 e. The van der Waals surface area contributed by atoms with E-state index in [9.17, 15) is 8.22 Å². The minimum Gasteiger partial charge on any atom is -0.311 e. The van der Waals surface area contributed by atoms with E-state index in [4.69, 9.17) is 12.3 Å². The zero-order chi connectivity index (χ0) is 55.0. The van der Waals surface area contributed by atoms with Crippen LogP contribution in [0.1, 0.15) is 52.5 Å². The number of nitrogens with zero attached hydrogens (tertiary/aromatic N) is 2. The van der Waals surface area contributed by atoms with Crippen LogP contribution in [0.4, 0.5) is 34.1 Å². The minimum absolute atomic E-state index is 0.00938. The summed E-state index contributed by atoms with van der Waals surface area (Å²) in [6.45, 7) is 7.21. The molecule has 0 spiro atoms. The van der Waals surface area contributed by atoms with Crippen LogP contribution in [0.2, 0.25) is 0 Å². The van der Waals surface area contributed by atoms with Gasteiger partial charge in [-0.2, -0.15) is 0 Å². The van der Waals surface area contributed by atoms with Gasteiger partial charge in [0, 0.05) is 39.4 Å². The van der Waals surface area contributed by atoms with E-state index in [0.717, 1.165) is 38.8 Å². The Morgan fingerprint density at radius 3 is 1.55 bits per heavy atom. The normalized spacial score (nSPS) is 16.1. The molecule has 11 rings (SSSR count). The Morgan fingerprint density at radius 1 is 0.419 bits per heavy atom. The van der Waals surface area contributed by atoms with Crippen molar-refractivity contribution >= 4 is 57.2 Å². The van der Waals surface area contributed by atoms with Gasteiger partial charge in [-0.15, -0.1) is 0 Å². The number of anilines is 6. The summed E-state index contributed by atoms with van der Waals surface area (Å²) in [7, 11) is 0. The molecule has 0 amide bonds. The van der Waals surface area contributed by atoms with Crippen molar-refractivity contribution in [2.24, 2.45) is 0 Å². The molecule has 0 atom stereocenters. The highest BCUT2D eigenvalue weighted by atomic mass is 15.2. The van der Waals surface area contributed by atoms with Crippen molar-refractivity contribution in [1.82, 2.24) is 0 Å². The van der Waals surface area contributed by atoms with Gasteiger partial charge in [-0.05, 0) is 110 Å². The summed E-state index contributed by atoms with van der Waals surface area (Å²) in [5.41, 5.74) is 8.54. The predicted molar refractivity (Wildman–Crippen MR) is 266 cm³/mol. The average Bonchev–Trinajstić information content (AvgIpc) is 3.62. The molecule has 0 unspecified atom stereocenters. The maximum atomic E-state index is 9.53. The van der Waals surface area contributed by atoms with Gasteiger partial charge in [0.2, 0.25) is 0 Å². The van der Waals surface area contributed by atoms with Crippen LogP contribution in [0.25, 0.3) is 44.5 Å². The highest BCUT2D eigenvalue weighted by Crippen LogP contribution is 2.52. The summed E-state index contributed by atoms with van der Waals surface area (Å²) in [6, 6.07) is 30.9. The SMILES string of the molecule is [2H]c1c([2H])c([2H])c(-c2ccccc2N2c3ccc(-c4ccccc4)cc3B3c4ccccc4N(c4c(-c5c([2H])c([2H])c([2H])c([2H])c5[2H])cc(C(C)(C)C)cc4-c4c([2H])c([2H])c([2H])c([2H])c4[2H])c4cc(C)cc2c43)c([2H])c1[2H]. The lowest BCUT2D eigenvalue weighted by molar-refractivity contribution is 0.591. The van der Waals surface area contributed by atoms with Gasteiger partial charge in [0.05, 0.1) is 31.9 Å². The van der Waals surface area contributed by atoms with Gasteiger partial charge in [0.25, 0.3) is 6.71 Å². The Hall–Kier alpha value is -7.36. The van der Waals surface area contributed by atoms with Crippen molar-refractivity contribution < 1.29 is 20.6 Å². The lowest BCUT2D eigenvalue weighted by Crippen LogP contribution is -2.61. The molecule has 62 heavy (non-hydrogen) atoms. The summed E-state index contributed by atoms with van der Waals surface area (Å²) >= 11 is 0. The summed E-state index contributed by atoms with van der Waals surface area (Å²) in [4.78, 5) is 3.98. The van der Waals surface area contributed by atoms with Crippen LogP contribution in [0.15, 0.2) is 212 Å². The zero-order valence-corrected chi connectivity index (χ0v) is 34.5. The number of benzene rings is 9. The summed E-state index contributed by atoms with van der Waals surface area (Å²) in [6.07, 6.45) is 0. The topological polar surface area (TPSA) is 6.48 Å². The van der Waals surface area contributed by atoms with Gasteiger partial charge in [0.1, 0.15) is 0 Å². The molecule has 9 aromatic rings. The number of hydrogen-bond acceptors (Lipinski definition) is 2. The Kier molecular flexibility index (Phi) is 5.99. The van der Waals surface area contributed by atoms with Gasteiger partial charge in [-0.1, -0.05) is 190 Å². The van der Waals surface area contributed by atoms with Crippen molar-refractivity contribution in [1.29, 1.82) is 0 Å². The molecule has 0 aliphatic carbocycles. The maximum Gasteiger partial charge on any atom is 0.252 e. The van der Waals surface area contributed by atoms with E-state index in [1.165, 1.54) is 0 Å². The molecule has 9 aromatic carbocycles. The third kappa shape index (κ3) is 6.27. The summed E-state index contributed by atoms with van der Waals surface area (Å²) in [5.74, 6) is 0. The second kappa shape index (κ2) is 15.0. The molecule has 0 N–H and O–H groups in total. The Bertz CT molecular complexity index is 3850. The van der Waals surface area contributed by atoms with E-state index in [1.54, 1.807) is 24.3 Å².